The molecule has 6 nitrogen and oxygen atoms in total. The third-order valence-corrected chi connectivity index (χ3v) is 6.88. The van der Waals surface area contributed by atoms with Crippen LogP contribution in [0.5, 0.6) is 0 Å². The highest BCUT2D eigenvalue weighted by Gasteiger charge is 2.55. The van der Waals surface area contributed by atoms with Gasteiger partial charge in [-0.3, -0.25) is 4.55 Å². The van der Waals surface area contributed by atoms with Crippen molar-refractivity contribution in [1.82, 2.24) is 10.3 Å². The van der Waals surface area contributed by atoms with Gasteiger partial charge in [-0.25, -0.2) is 4.98 Å². The van der Waals surface area contributed by atoms with E-state index in [9.17, 15) is 13.0 Å². The fraction of sp³-hybridized carbons (Fsp3) is 0.353. The summed E-state index contributed by atoms with van der Waals surface area (Å²) in [5, 5.41) is 4.03. The van der Waals surface area contributed by atoms with Crippen molar-refractivity contribution in [2.75, 3.05) is 24.5 Å². The van der Waals surface area contributed by atoms with Crippen LogP contribution < -0.4 is 10.2 Å². The summed E-state index contributed by atoms with van der Waals surface area (Å²) in [4.78, 5) is 6.16. The standard InChI is InChI=1S/C17H17Cl2N3O3S/c1-10-2-3-15(26(23,24)25)13(4-10)17-9-22(8-11(17)6-21-17)12-5-14(18)16(19)20-7-12/h2-5,7,11,21H,6,8-9H2,1H3,(H,23,24,25)/t11-,17?/m0/s1. The molecule has 26 heavy (non-hydrogen) atoms. The van der Waals surface area contributed by atoms with E-state index in [0.717, 1.165) is 24.3 Å². The van der Waals surface area contributed by atoms with Crippen LogP contribution in [0, 0.1) is 12.8 Å². The van der Waals surface area contributed by atoms with E-state index in [-0.39, 0.29) is 16.0 Å². The van der Waals surface area contributed by atoms with Gasteiger partial charge < -0.3 is 10.2 Å². The summed E-state index contributed by atoms with van der Waals surface area (Å²) in [6, 6.07) is 6.75. The first kappa shape index (κ1) is 18.0. The molecular weight excluding hydrogens is 397 g/mol. The second-order valence-corrected chi connectivity index (χ2v) is 9.03. The summed E-state index contributed by atoms with van der Waals surface area (Å²) in [7, 11) is -4.32. The predicted octanol–water partition coefficient (Wildman–Crippen LogP) is 2.88. The van der Waals surface area contributed by atoms with Crippen LogP contribution in [-0.4, -0.2) is 37.6 Å². The van der Waals surface area contributed by atoms with Crippen LogP contribution in [-0.2, 0) is 15.7 Å². The highest BCUT2D eigenvalue weighted by Crippen LogP contribution is 2.46. The molecule has 1 unspecified atom stereocenters. The summed E-state index contributed by atoms with van der Waals surface area (Å²) in [5.41, 5.74) is 1.83. The highest BCUT2D eigenvalue weighted by atomic mass is 35.5. The van der Waals surface area contributed by atoms with Gasteiger partial charge in [0.05, 0.1) is 27.3 Å². The Hall–Kier alpha value is -1.38. The van der Waals surface area contributed by atoms with E-state index >= 15 is 0 Å². The van der Waals surface area contributed by atoms with Crippen molar-refractivity contribution in [1.29, 1.82) is 0 Å². The number of fused-ring (bicyclic) bond motifs is 1. The van der Waals surface area contributed by atoms with Crippen molar-refractivity contribution < 1.29 is 13.0 Å². The summed E-state index contributed by atoms with van der Waals surface area (Å²) in [6.07, 6.45) is 1.66. The lowest BCUT2D eigenvalue weighted by Crippen LogP contribution is -2.62. The number of anilines is 1. The number of aromatic nitrogens is 1. The quantitative estimate of drug-likeness (QED) is 0.594. The molecule has 1 aromatic heterocycles. The van der Waals surface area contributed by atoms with Crippen LogP contribution >= 0.6 is 23.2 Å². The SMILES string of the molecule is Cc1ccc(S(=O)(=O)O)c(C23CN(c4cnc(Cl)c(Cl)c4)C[C@@H]2CN3)c1. The average molecular weight is 414 g/mol. The van der Waals surface area contributed by atoms with Crippen LogP contribution in [0.4, 0.5) is 5.69 Å². The first-order chi connectivity index (χ1) is 12.2. The number of hydrogen-bond acceptors (Lipinski definition) is 5. The van der Waals surface area contributed by atoms with Gasteiger partial charge >= 0.3 is 0 Å². The van der Waals surface area contributed by atoms with E-state index in [1.807, 2.05) is 13.0 Å². The van der Waals surface area contributed by atoms with Crippen LogP contribution in [0.2, 0.25) is 10.2 Å². The molecule has 2 aliphatic rings. The maximum absolute atomic E-state index is 11.9. The van der Waals surface area contributed by atoms with Crippen LogP contribution in [0.1, 0.15) is 11.1 Å². The molecule has 0 saturated carbocycles. The normalized spacial score (nSPS) is 25.1. The molecule has 0 aliphatic carbocycles. The van der Waals surface area contributed by atoms with E-state index in [0.29, 0.717) is 17.1 Å². The van der Waals surface area contributed by atoms with Gasteiger partial charge in [-0.2, -0.15) is 8.42 Å². The fourth-order valence-electron chi connectivity index (χ4n) is 3.93. The molecule has 2 aliphatic heterocycles. The molecule has 0 spiro atoms. The molecule has 0 radical (unpaired) electrons. The molecule has 2 atom stereocenters. The zero-order chi connectivity index (χ0) is 18.7. The first-order valence-electron chi connectivity index (χ1n) is 8.10. The highest BCUT2D eigenvalue weighted by molar-refractivity contribution is 7.85. The summed E-state index contributed by atoms with van der Waals surface area (Å²) in [6.45, 7) is 3.94. The lowest BCUT2D eigenvalue weighted by atomic mass is 9.74. The second-order valence-electron chi connectivity index (χ2n) is 6.87. The van der Waals surface area contributed by atoms with Crippen molar-refractivity contribution in [3.05, 3.63) is 51.8 Å². The molecule has 138 valence electrons. The summed E-state index contributed by atoms with van der Waals surface area (Å²) in [5.74, 6) is 0.208. The zero-order valence-electron chi connectivity index (χ0n) is 13.9. The van der Waals surface area contributed by atoms with Crippen molar-refractivity contribution in [3.63, 3.8) is 0 Å². The Kier molecular flexibility index (Phi) is 4.20. The molecule has 0 amide bonds. The van der Waals surface area contributed by atoms with E-state index < -0.39 is 15.7 Å². The van der Waals surface area contributed by atoms with Gasteiger partial charge in [-0.15, -0.1) is 0 Å². The number of hydrogen-bond donors (Lipinski definition) is 2. The lowest BCUT2D eigenvalue weighted by molar-refractivity contribution is 0.153. The van der Waals surface area contributed by atoms with Gasteiger partial charge in [0, 0.05) is 25.6 Å². The van der Waals surface area contributed by atoms with Gasteiger partial charge in [0.2, 0.25) is 0 Å². The van der Waals surface area contributed by atoms with Gasteiger partial charge in [0.1, 0.15) is 5.15 Å². The van der Waals surface area contributed by atoms with E-state index in [2.05, 4.69) is 15.2 Å². The molecule has 2 saturated heterocycles. The largest absolute Gasteiger partial charge is 0.368 e. The van der Waals surface area contributed by atoms with Crippen LogP contribution in [0.25, 0.3) is 0 Å². The summed E-state index contributed by atoms with van der Waals surface area (Å²) < 4.78 is 33.5. The maximum atomic E-state index is 11.9. The van der Waals surface area contributed by atoms with Crippen molar-refractivity contribution in [2.24, 2.45) is 5.92 Å². The lowest BCUT2D eigenvalue weighted by Gasteiger charge is -2.46. The monoisotopic (exact) mass is 413 g/mol. The topological polar surface area (TPSA) is 82.5 Å². The molecule has 2 aromatic rings. The minimum Gasteiger partial charge on any atom is -0.368 e. The molecule has 0 bridgehead atoms. The Morgan fingerprint density at radius 2 is 2.12 bits per heavy atom. The Balaban J connectivity index is 1.77. The Labute approximate surface area is 161 Å². The van der Waals surface area contributed by atoms with Crippen molar-refractivity contribution >= 4 is 39.0 Å². The minimum atomic E-state index is -4.32. The van der Waals surface area contributed by atoms with Gasteiger partial charge in [-0.05, 0) is 24.6 Å². The third kappa shape index (κ3) is 2.78. The Bertz CT molecular complexity index is 999. The predicted molar refractivity (Wildman–Crippen MR) is 101 cm³/mol. The number of aryl methyl sites for hydroxylation is 1. The fourth-order valence-corrected chi connectivity index (χ4v) is 4.95. The Morgan fingerprint density at radius 1 is 1.35 bits per heavy atom. The van der Waals surface area contributed by atoms with E-state index in [1.54, 1.807) is 18.3 Å². The van der Waals surface area contributed by atoms with Gasteiger partial charge in [0.15, 0.2) is 0 Å². The average Bonchev–Trinajstić information content (AvgIpc) is 2.81. The minimum absolute atomic E-state index is 0.0468. The number of benzene rings is 1. The number of halogens is 2. The molecule has 2 fully saturated rings. The zero-order valence-corrected chi connectivity index (χ0v) is 16.2. The first-order valence-corrected chi connectivity index (χ1v) is 10.3. The number of nitrogens with one attached hydrogen (secondary N) is 1. The maximum Gasteiger partial charge on any atom is 0.294 e. The smallest absolute Gasteiger partial charge is 0.294 e. The van der Waals surface area contributed by atoms with Gasteiger partial charge in [-0.1, -0.05) is 40.9 Å². The third-order valence-electron chi connectivity index (χ3n) is 5.28. The molecule has 4 rings (SSSR count). The number of nitrogens with zero attached hydrogens (tertiary/aromatic N) is 2. The summed E-state index contributed by atoms with van der Waals surface area (Å²) >= 11 is 12.0. The molecule has 2 N–H and O–H groups in total. The van der Waals surface area contributed by atoms with Crippen LogP contribution in [0.15, 0.2) is 35.4 Å². The van der Waals surface area contributed by atoms with Crippen molar-refractivity contribution in [2.45, 2.75) is 17.4 Å². The second kappa shape index (κ2) is 6.07. The molecule has 9 heteroatoms. The Morgan fingerprint density at radius 3 is 2.73 bits per heavy atom. The van der Waals surface area contributed by atoms with Crippen LogP contribution in [0.3, 0.4) is 0 Å². The van der Waals surface area contributed by atoms with Gasteiger partial charge in [0.25, 0.3) is 10.1 Å². The van der Waals surface area contributed by atoms with E-state index in [4.69, 9.17) is 23.2 Å². The molecular formula is C17H17Cl2N3O3S. The number of pyridine rings is 1. The van der Waals surface area contributed by atoms with E-state index in [1.165, 1.54) is 6.07 Å². The van der Waals surface area contributed by atoms with Crippen molar-refractivity contribution in [3.8, 4) is 0 Å². The molecule has 3 heterocycles. The molecule has 1 aromatic carbocycles. The number of rotatable bonds is 3.